The van der Waals surface area contributed by atoms with Crippen molar-refractivity contribution >= 4 is 29.9 Å². The van der Waals surface area contributed by atoms with Gasteiger partial charge in [0, 0.05) is 5.54 Å². The Morgan fingerprint density at radius 1 is 1.44 bits per heavy atom. The van der Waals surface area contributed by atoms with Crippen molar-refractivity contribution in [2.24, 2.45) is 11.7 Å². The number of rotatable bonds is 3. The molecule has 1 fully saturated rings. The predicted molar refractivity (Wildman–Crippen MR) is 98.9 cm³/mol. The van der Waals surface area contributed by atoms with Crippen LogP contribution in [-0.2, 0) is 9.59 Å². The third-order valence-corrected chi connectivity index (χ3v) is 5.07. The van der Waals surface area contributed by atoms with Crippen molar-refractivity contribution in [2.45, 2.75) is 51.1 Å². The molecule has 3 atom stereocenters. The van der Waals surface area contributed by atoms with Crippen molar-refractivity contribution in [3.63, 3.8) is 0 Å². The molecule has 0 radical (unpaired) electrons. The number of ether oxygens (including phenoxy) is 1. The van der Waals surface area contributed by atoms with Crippen LogP contribution >= 0.6 is 12.4 Å². The van der Waals surface area contributed by atoms with E-state index in [1.54, 1.807) is 0 Å². The number of carbonyl (C=O) groups excluding carboxylic acids is 2. The average Bonchev–Trinajstić information content (AvgIpc) is 2.53. The van der Waals surface area contributed by atoms with Crippen LogP contribution in [-0.4, -0.2) is 24.0 Å². The van der Waals surface area contributed by atoms with Crippen LogP contribution in [0, 0.1) is 5.92 Å². The van der Waals surface area contributed by atoms with Gasteiger partial charge in [-0.25, -0.2) is 0 Å². The van der Waals surface area contributed by atoms with E-state index < -0.39 is 5.54 Å². The Kier molecular flexibility index (Phi) is 5.95. The van der Waals surface area contributed by atoms with Crippen molar-refractivity contribution in [1.82, 2.24) is 5.32 Å². The van der Waals surface area contributed by atoms with Crippen molar-refractivity contribution < 1.29 is 14.3 Å². The van der Waals surface area contributed by atoms with Crippen molar-refractivity contribution in [3.8, 4) is 5.75 Å². The number of nitrogens with one attached hydrogen (secondary N) is 2. The fraction of sp³-hybridized carbons (Fsp3) is 0.556. The maximum Gasteiger partial charge on any atom is 0.262 e. The zero-order valence-corrected chi connectivity index (χ0v) is 15.4. The fourth-order valence-corrected chi connectivity index (χ4v) is 3.56. The van der Waals surface area contributed by atoms with Gasteiger partial charge in [0.2, 0.25) is 5.91 Å². The molecule has 1 aliphatic carbocycles. The minimum atomic E-state index is -0.445. The second-order valence-electron chi connectivity index (χ2n) is 7.13. The third kappa shape index (κ3) is 4.25. The summed E-state index contributed by atoms with van der Waals surface area (Å²) in [5, 5.41) is 5.86. The zero-order chi connectivity index (χ0) is 17.3. The molecule has 1 aliphatic heterocycles. The van der Waals surface area contributed by atoms with E-state index >= 15 is 0 Å². The van der Waals surface area contributed by atoms with Crippen LogP contribution in [0.25, 0.3) is 0 Å². The zero-order valence-electron chi connectivity index (χ0n) is 14.6. The van der Waals surface area contributed by atoms with Crippen LogP contribution in [0.4, 0.5) is 5.69 Å². The molecule has 138 valence electrons. The second-order valence-corrected chi connectivity index (χ2v) is 7.13. The van der Waals surface area contributed by atoms with E-state index in [9.17, 15) is 9.59 Å². The Bertz CT molecular complexity index is 663. The van der Waals surface area contributed by atoms with E-state index in [0.717, 1.165) is 31.2 Å². The molecule has 0 saturated heterocycles. The Balaban J connectivity index is 0.00000225. The second kappa shape index (κ2) is 7.62. The maximum atomic E-state index is 12.7. The summed E-state index contributed by atoms with van der Waals surface area (Å²) in [6, 6.07) is 5.41. The van der Waals surface area contributed by atoms with Crippen molar-refractivity contribution in [3.05, 3.63) is 23.8 Å². The number of carbonyl (C=O) groups is 2. The molecule has 0 spiro atoms. The lowest BCUT2D eigenvalue weighted by atomic mass is 9.74. The summed E-state index contributed by atoms with van der Waals surface area (Å²) in [5.74, 6) is 0.329. The molecule has 0 aromatic heterocycles. The fourth-order valence-electron chi connectivity index (χ4n) is 3.56. The first kappa shape index (κ1) is 19.5. The monoisotopic (exact) mass is 367 g/mol. The number of nitrogens with two attached hydrogens (primary N) is 1. The Morgan fingerprint density at radius 3 is 2.92 bits per heavy atom. The van der Waals surface area contributed by atoms with Crippen LogP contribution in [0.5, 0.6) is 5.75 Å². The predicted octanol–water partition coefficient (Wildman–Crippen LogP) is 2.52. The van der Waals surface area contributed by atoms with Crippen LogP contribution in [0.3, 0.4) is 0 Å². The van der Waals surface area contributed by atoms with Gasteiger partial charge in [-0.15, -0.1) is 12.4 Å². The summed E-state index contributed by atoms with van der Waals surface area (Å²) in [7, 11) is 0. The summed E-state index contributed by atoms with van der Waals surface area (Å²) in [6.45, 7) is 3.93. The van der Waals surface area contributed by atoms with Gasteiger partial charge in [-0.3, -0.25) is 9.59 Å². The Hall–Kier alpha value is -1.79. The van der Waals surface area contributed by atoms with Crippen LogP contribution in [0.1, 0.15) is 51.1 Å². The summed E-state index contributed by atoms with van der Waals surface area (Å²) in [6.07, 6.45) is 3.83. The molecular formula is C18H26ClN3O3. The molecule has 4 N–H and O–H groups in total. The van der Waals surface area contributed by atoms with E-state index in [2.05, 4.69) is 10.6 Å². The lowest BCUT2D eigenvalue weighted by Crippen LogP contribution is -2.53. The summed E-state index contributed by atoms with van der Waals surface area (Å²) >= 11 is 0. The van der Waals surface area contributed by atoms with E-state index in [0.29, 0.717) is 11.4 Å². The first-order chi connectivity index (χ1) is 11.4. The molecule has 1 saturated carbocycles. The number of halogens is 1. The largest absolute Gasteiger partial charge is 0.482 e. The molecule has 6 nitrogen and oxygen atoms in total. The van der Waals surface area contributed by atoms with E-state index in [-0.39, 0.29) is 42.8 Å². The highest BCUT2D eigenvalue weighted by Gasteiger charge is 2.38. The molecule has 2 aliphatic rings. The van der Waals surface area contributed by atoms with Gasteiger partial charge in [0.05, 0.1) is 17.6 Å². The van der Waals surface area contributed by atoms with Gasteiger partial charge in [0.1, 0.15) is 5.75 Å². The Labute approximate surface area is 154 Å². The van der Waals surface area contributed by atoms with E-state index in [1.165, 1.54) is 0 Å². The van der Waals surface area contributed by atoms with Crippen molar-refractivity contribution in [2.75, 3.05) is 11.9 Å². The Morgan fingerprint density at radius 2 is 2.20 bits per heavy atom. The average molecular weight is 368 g/mol. The molecule has 25 heavy (non-hydrogen) atoms. The van der Waals surface area contributed by atoms with Gasteiger partial charge in [0.25, 0.3) is 5.91 Å². The van der Waals surface area contributed by atoms with E-state index in [1.807, 2.05) is 32.0 Å². The first-order valence-corrected chi connectivity index (χ1v) is 8.53. The first-order valence-electron chi connectivity index (χ1n) is 8.53. The standard InChI is InChI=1S/C18H25N3O3.ClH/c1-11(20-17(23)13-5-3-4-8-18(13,2)19)12-6-7-15-14(9-12)21-16(22)10-24-15;/h6-7,9,11,13H,3-5,8,10,19H2,1-2H3,(H,20,23)(H,21,22);1H. The van der Waals surface area contributed by atoms with Gasteiger partial charge >= 0.3 is 0 Å². The van der Waals surface area contributed by atoms with Gasteiger partial charge in [-0.1, -0.05) is 18.9 Å². The van der Waals surface area contributed by atoms with Gasteiger partial charge in [0.15, 0.2) is 6.61 Å². The van der Waals surface area contributed by atoms with Crippen LogP contribution in [0.2, 0.25) is 0 Å². The molecule has 1 heterocycles. The number of hydrogen-bond donors (Lipinski definition) is 3. The number of hydrogen-bond acceptors (Lipinski definition) is 4. The highest BCUT2D eigenvalue weighted by atomic mass is 35.5. The lowest BCUT2D eigenvalue weighted by Gasteiger charge is -2.37. The van der Waals surface area contributed by atoms with E-state index in [4.69, 9.17) is 10.5 Å². The SMILES string of the molecule is CC(NC(=O)C1CCCCC1(C)N)c1ccc2c(c1)NC(=O)CO2.Cl. The lowest BCUT2D eigenvalue weighted by molar-refractivity contribution is -0.128. The normalized spacial score (nSPS) is 26.4. The van der Waals surface area contributed by atoms with Crippen LogP contribution in [0.15, 0.2) is 18.2 Å². The molecule has 3 rings (SSSR count). The number of benzene rings is 1. The topological polar surface area (TPSA) is 93.5 Å². The van der Waals surface area contributed by atoms with Crippen LogP contribution < -0.4 is 21.1 Å². The third-order valence-electron chi connectivity index (χ3n) is 5.07. The molecule has 7 heteroatoms. The molecule has 2 amide bonds. The van der Waals surface area contributed by atoms with Crippen molar-refractivity contribution in [1.29, 1.82) is 0 Å². The smallest absolute Gasteiger partial charge is 0.262 e. The number of amides is 2. The summed E-state index contributed by atoms with van der Waals surface area (Å²) in [4.78, 5) is 24.1. The minimum Gasteiger partial charge on any atom is -0.482 e. The van der Waals surface area contributed by atoms with Gasteiger partial charge in [-0.2, -0.15) is 0 Å². The van der Waals surface area contributed by atoms with Gasteiger partial charge < -0.3 is 21.1 Å². The quantitative estimate of drug-likeness (QED) is 0.765. The number of fused-ring (bicyclic) bond motifs is 1. The molecule has 1 aromatic carbocycles. The molecule has 3 unspecified atom stereocenters. The molecular weight excluding hydrogens is 342 g/mol. The summed E-state index contributed by atoms with van der Waals surface area (Å²) < 4.78 is 5.36. The highest BCUT2D eigenvalue weighted by molar-refractivity contribution is 5.95. The maximum absolute atomic E-state index is 12.7. The molecule has 0 bridgehead atoms. The molecule has 1 aromatic rings. The summed E-state index contributed by atoms with van der Waals surface area (Å²) in [5.41, 5.74) is 7.44. The number of anilines is 1. The highest BCUT2D eigenvalue weighted by Crippen LogP contribution is 2.33. The van der Waals surface area contributed by atoms with Gasteiger partial charge in [-0.05, 0) is 44.4 Å². The minimum absolute atomic E-state index is 0.